The Morgan fingerprint density at radius 2 is 1.68 bits per heavy atom. The van der Waals surface area contributed by atoms with Crippen molar-refractivity contribution in [2.45, 2.75) is 4.90 Å². The van der Waals surface area contributed by atoms with Gasteiger partial charge in [-0.3, -0.25) is 9.71 Å². The zero-order chi connectivity index (χ0) is 17.3. The number of sulfonamides is 1. The van der Waals surface area contributed by atoms with Crippen molar-refractivity contribution in [2.75, 3.05) is 13.2 Å². The summed E-state index contributed by atoms with van der Waals surface area (Å²) in [7, 11) is -3.49. The first-order valence-electron chi connectivity index (χ1n) is 7.92. The number of fused-ring (bicyclic) bond motifs is 2. The minimum absolute atomic E-state index is 0.268. The van der Waals surface area contributed by atoms with Crippen molar-refractivity contribution in [2.24, 2.45) is 4.99 Å². The van der Waals surface area contributed by atoms with Gasteiger partial charge in [-0.25, -0.2) is 8.42 Å². The monoisotopic (exact) mass is 352 g/mol. The van der Waals surface area contributed by atoms with Crippen LogP contribution in [0.5, 0.6) is 5.75 Å². The van der Waals surface area contributed by atoms with Crippen molar-refractivity contribution >= 4 is 26.6 Å². The minimum Gasteiger partial charge on any atom is -0.492 e. The van der Waals surface area contributed by atoms with Crippen LogP contribution in [0.4, 0.5) is 0 Å². The van der Waals surface area contributed by atoms with E-state index in [1.807, 2.05) is 36.4 Å². The summed E-state index contributed by atoms with van der Waals surface area (Å²) in [5.41, 5.74) is 0.605. The van der Waals surface area contributed by atoms with Gasteiger partial charge in [0.15, 0.2) is 0 Å². The van der Waals surface area contributed by atoms with Crippen LogP contribution in [0, 0.1) is 0 Å². The summed E-state index contributed by atoms with van der Waals surface area (Å²) in [5.74, 6) is 1.14. The average Bonchev–Trinajstić information content (AvgIpc) is 2.90. The molecule has 0 saturated heterocycles. The molecule has 0 bridgehead atoms. The maximum Gasteiger partial charge on any atom is 0.263 e. The molecule has 5 nitrogen and oxygen atoms in total. The number of hydrogen-bond donors (Lipinski definition) is 1. The van der Waals surface area contributed by atoms with Crippen LogP contribution >= 0.6 is 0 Å². The number of benzene rings is 3. The molecule has 1 aliphatic heterocycles. The van der Waals surface area contributed by atoms with Crippen molar-refractivity contribution in [1.82, 2.24) is 4.72 Å². The third kappa shape index (κ3) is 3.08. The fourth-order valence-electron chi connectivity index (χ4n) is 2.83. The second kappa shape index (κ2) is 6.22. The first-order valence-corrected chi connectivity index (χ1v) is 9.40. The molecule has 25 heavy (non-hydrogen) atoms. The predicted molar refractivity (Wildman–Crippen MR) is 97.6 cm³/mol. The number of aliphatic imine (C=N–C) groups is 1. The van der Waals surface area contributed by atoms with E-state index in [-0.39, 0.29) is 4.90 Å². The van der Waals surface area contributed by atoms with Gasteiger partial charge >= 0.3 is 0 Å². The molecule has 3 aromatic rings. The molecule has 0 unspecified atom stereocenters. The standard InChI is InChI=1S/C19H16N2O3S/c22-25(23)18-8-4-3-7-17(18)19(21-25)20-11-12-24-16-10-9-14-5-1-2-6-15(14)13-16/h1-10,13H,11-12H2,(H,20,21). The van der Waals surface area contributed by atoms with Gasteiger partial charge in [-0.2, -0.15) is 0 Å². The molecule has 0 fully saturated rings. The van der Waals surface area contributed by atoms with E-state index < -0.39 is 10.0 Å². The molecular formula is C19H16N2O3S. The van der Waals surface area contributed by atoms with E-state index in [9.17, 15) is 8.42 Å². The Morgan fingerprint density at radius 3 is 2.56 bits per heavy atom. The molecule has 0 aromatic heterocycles. The molecule has 1 aliphatic rings. The zero-order valence-electron chi connectivity index (χ0n) is 13.3. The molecule has 0 aliphatic carbocycles. The number of rotatable bonds is 4. The van der Waals surface area contributed by atoms with Crippen LogP contribution in [0.1, 0.15) is 5.56 Å². The highest BCUT2D eigenvalue weighted by Gasteiger charge is 2.29. The van der Waals surface area contributed by atoms with Crippen LogP contribution in [0.2, 0.25) is 0 Å². The second-order valence-electron chi connectivity index (χ2n) is 5.69. The predicted octanol–water partition coefficient (Wildman–Crippen LogP) is 2.96. The van der Waals surface area contributed by atoms with Crippen molar-refractivity contribution in [3.63, 3.8) is 0 Å². The first-order chi connectivity index (χ1) is 12.1. The van der Waals surface area contributed by atoms with Crippen LogP contribution in [0.3, 0.4) is 0 Å². The van der Waals surface area contributed by atoms with Gasteiger partial charge < -0.3 is 4.74 Å². The number of amidine groups is 1. The molecule has 0 atom stereocenters. The lowest BCUT2D eigenvalue weighted by Crippen LogP contribution is -2.23. The Balaban J connectivity index is 1.45. The molecule has 0 saturated carbocycles. The summed E-state index contributed by atoms with van der Waals surface area (Å²) in [6.07, 6.45) is 0. The van der Waals surface area contributed by atoms with Crippen molar-refractivity contribution in [3.8, 4) is 5.75 Å². The molecule has 1 heterocycles. The topological polar surface area (TPSA) is 67.8 Å². The Bertz CT molecular complexity index is 1070. The zero-order valence-corrected chi connectivity index (χ0v) is 14.2. The van der Waals surface area contributed by atoms with Crippen molar-refractivity contribution in [1.29, 1.82) is 0 Å². The Labute approximate surface area is 146 Å². The molecule has 1 N–H and O–H groups in total. The Kier molecular flexibility index (Phi) is 3.89. The fourth-order valence-corrected chi connectivity index (χ4v) is 4.08. The van der Waals surface area contributed by atoms with Crippen molar-refractivity contribution < 1.29 is 13.2 Å². The van der Waals surface area contributed by atoms with Gasteiger partial charge in [0.05, 0.1) is 11.4 Å². The van der Waals surface area contributed by atoms with Crippen LogP contribution in [0.15, 0.2) is 76.6 Å². The third-order valence-electron chi connectivity index (χ3n) is 4.01. The Hall–Kier alpha value is -2.86. The van der Waals surface area contributed by atoms with Gasteiger partial charge in [0.2, 0.25) is 0 Å². The van der Waals surface area contributed by atoms with Crippen LogP contribution in [-0.4, -0.2) is 27.4 Å². The molecule has 6 heteroatoms. The molecule has 4 rings (SSSR count). The molecule has 0 radical (unpaired) electrons. The third-order valence-corrected chi connectivity index (χ3v) is 5.41. The van der Waals surface area contributed by atoms with Gasteiger partial charge in [0.1, 0.15) is 18.2 Å². The number of hydrogen-bond acceptors (Lipinski definition) is 4. The summed E-state index contributed by atoms with van der Waals surface area (Å²) >= 11 is 0. The Morgan fingerprint density at radius 1 is 0.920 bits per heavy atom. The normalized spacial score (nSPS) is 16.6. The highest BCUT2D eigenvalue weighted by molar-refractivity contribution is 7.90. The van der Waals surface area contributed by atoms with Gasteiger partial charge in [0.25, 0.3) is 10.0 Å². The number of nitrogens with zero attached hydrogens (tertiary/aromatic N) is 1. The van der Waals surface area contributed by atoms with E-state index in [1.54, 1.807) is 24.3 Å². The molecule has 0 spiro atoms. The lowest BCUT2D eigenvalue weighted by molar-refractivity contribution is 0.329. The molecule has 126 valence electrons. The minimum atomic E-state index is -3.49. The van der Waals surface area contributed by atoms with E-state index in [0.717, 1.165) is 16.5 Å². The van der Waals surface area contributed by atoms with E-state index in [0.29, 0.717) is 24.6 Å². The summed E-state index contributed by atoms with van der Waals surface area (Å²) < 4.78 is 32.3. The summed E-state index contributed by atoms with van der Waals surface area (Å²) in [5, 5.41) is 2.27. The number of ether oxygens (including phenoxy) is 1. The molecule has 0 amide bonds. The first kappa shape index (κ1) is 15.7. The van der Waals surface area contributed by atoms with Crippen LogP contribution < -0.4 is 9.46 Å². The van der Waals surface area contributed by atoms with Gasteiger partial charge in [-0.05, 0) is 35.0 Å². The lowest BCUT2D eigenvalue weighted by atomic mass is 10.1. The highest BCUT2D eigenvalue weighted by atomic mass is 32.2. The average molecular weight is 352 g/mol. The largest absolute Gasteiger partial charge is 0.492 e. The maximum atomic E-state index is 12.0. The van der Waals surface area contributed by atoms with Gasteiger partial charge in [-0.1, -0.05) is 42.5 Å². The molecular weight excluding hydrogens is 336 g/mol. The van der Waals surface area contributed by atoms with E-state index in [1.165, 1.54) is 0 Å². The maximum absolute atomic E-state index is 12.0. The summed E-state index contributed by atoms with van der Waals surface area (Å²) in [6.45, 7) is 0.727. The second-order valence-corrected chi connectivity index (χ2v) is 7.34. The van der Waals surface area contributed by atoms with Gasteiger partial charge in [-0.15, -0.1) is 0 Å². The SMILES string of the molecule is O=S1(=O)NC(=NCCOc2ccc3ccccc3c2)c2ccccc21. The van der Waals surface area contributed by atoms with E-state index >= 15 is 0 Å². The van der Waals surface area contributed by atoms with E-state index in [4.69, 9.17) is 4.74 Å². The lowest BCUT2D eigenvalue weighted by Gasteiger charge is -2.06. The van der Waals surface area contributed by atoms with Gasteiger partial charge in [0, 0.05) is 5.56 Å². The molecule has 3 aromatic carbocycles. The quantitative estimate of drug-likeness (QED) is 0.734. The summed E-state index contributed by atoms with van der Waals surface area (Å²) in [4.78, 5) is 4.61. The smallest absolute Gasteiger partial charge is 0.263 e. The van der Waals surface area contributed by atoms with Crippen molar-refractivity contribution in [3.05, 3.63) is 72.3 Å². The fraction of sp³-hybridized carbons (Fsp3) is 0.105. The van der Waals surface area contributed by atoms with E-state index in [2.05, 4.69) is 15.8 Å². The van der Waals surface area contributed by atoms with Crippen LogP contribution in [0.25, 0.3) is 10.8 Å². The van der Waals surface area contributed by atoms with Crippen LogP contribution in [-0.2, 0) is 10.0 Å². The highest BCUT2D eigenvalue weighted by Crippen LogP contribution is 2.22. The summed E-state index contributed by atoms with van der Waals surface area (Å²) in [6, 6.07) is 20.8. The number of nitrogens with one attached hydrogen (secondary N) is 1.